The first-order chi connectivity index (χ1) is 11.5. The summed E-state index contributed by atoms with van der Waals surface area (Å²) in [6, 6.07) is 0. The van der Waals surface area contributed by atoms with Gasteiger partial charge in [0.2, 0.25) is 0 Å². The third kappa shape index (κ3) is 2.65. The van der Waals surface area contributed by atoms with Crippen molar-refractivity contribution in [2.24, 2.45) is 0 Å². The lowest BCUT2D eigenvalue weighted by Gasteiger charge is -2.45. The van der Waals surface area contributed by atoms with E-state index in [1.807, 2.05) is 13.1 Å². The molecule has 1 atom stereocenters. The maximum absolute atomic E-state index is 13.0. The molecule has 1 aromatic rings. The SMILES string of the molecule is Cc1ncc2c(n1)[C@]1(CCCN(S(=O)(=O)N3CCCC3)C1)OCC2. The summed E-state index contributed by atoms with van der Waals surface area (Å²) in [7, 11) is -3.41. The van der Waals surface area contributed by atoms with Gasteiger partial charge in [-0.3, -0.25) is 0 Å². The highest BCUT2D eigenvalue weighted by Crippen LogP contribution is 2.40. The maximum Gasteiger partial charge on any atom is 0.282 e. The van der Waals surface area contributed by atoms with Gasteiger partial charge in [0, 0.05) is 32.4 Å². The van der Waals surface area contributed by atoms with Crippen LogP contribution in [0.25, 0.3) is 0 Å². The lowest BCUT2D eigenvalue weighted by atomic mass is 9.85. The molecule has 0 amide bonds. The summed E-state index contributed by atoms with van der Waals surface area (Å²) < 4.78 is 35.3. The molecule has 3 aliphatic heterocycles. The lowest BCUT2D eigenvalue weighted by molar-refractivity contribution is -0.0941. The number of aromatic nitrogens is 2. The Bertz CT molecular complexity index is 733. The van der Waals surface area contributed by atoms with Crippen LogP contribution >= 0.6 is 0 Å². The van der Waals surface area contributed by atoms with Gasteiger partial charge in [-0.1, -0.05) is 0 Å². The van der Waals surface area contributed by atoms with E-state index in [2.05, 4.69) is 9.97 Å². The minimum absolute atomic E-state index is 0.356. The van der Waals surface area contributed by atoms with E-state index in [-0.39, 0.29) is 0 Å². The van der Waals surface area contributed by atoms with Crippen LogP contribution in [0, 0.1) is 6.92 Å². The van der Waals surface area contributed by atoms with Gasteiger partial charge in [-0.05, 0) is 44.6 Å². The van der Waals surface area contributed by atoms with E-state index in [1.54, 1.807) is 8.61 Å². The number of aryl methyl sites for hydroxylation is 1. The number of rotatable bonds is 2. The third-order valence-electron chi connectivity index (χ3n) is 5.30. The van der Waals surface area contributed by atoms with Gasteiger partial charge in [-0.25, -0.2) is 9.97 Å². The summed E-state index contributed by atoms with van der Waals surface area (Å²) >= 11 is 0. The first kappa shape index (κ1) is 16.4. The largest absolute Gasteiger partial charge is 0.367 e. The first-order valence-electron chi connectivity index (χ1n) is 8.73. The van der Waals surface area contributed by atoms with Crippen molar-refractivity contribution in [1.82, 2.24) is 18.6 Å². The number of piperidine rings is 1. The molecule has 2 fully saturated rings. The Hall–Kier alpha value is -1.09. The smallest absolute Gasteiger partial charge is 0.282 e. The van der Waals surface area contributed by atoms with E-state index in [0.717, 1.165) is 43.4 Å². The molecule has 4 rings (SSSR count). The molecule has 7 nitrogen and oxygen atoms in total. The Kier molecular flexibility index (Phi) is 4.11. The van der Waals surface area contributed by atoms with E-state index in [4.69, 9.17) is 4.74 Å². The quantitative estimate of drug-likeness (QED) is 0.793. The summed E-state index contributed by atoms with van der Waals surface area (Å²) in [4.78, 5) is 8.93. The van der Waals surface area contributed by atoms with Crippen molar-refractivity contribution >= 4 is 10.2 Å². The van der Waals surface area contributed by atoms with Crippen molar-refractivity contribution in [2.45, 2.75) is 44.6 Å². The molecule has 132 valence electrons. The summed E-state index contributed by atoms with van der Waals surface area (Å²) in [5.74, 6) is 0.707. The molecule has 0 unspecified atom stereocenters. The Labute approximate surface area is 143 Å². The van der Waals surface area contributed by atoms with Gasteiger partial charge < -0.3 is 4.74 Å². The Morgan fingerprint density at radius 3 is 2.71 bits per heavy atom. The number of fused-ring (bicyclic) bond motifs is 2. The second-order valence-corrected chi connectivity index (χ2v) is 8.86. The van der Waals surface area contributed by atoms with Crippen molar-refractivity contribution in [1.29, 1.82) is 0 Å². The van der Waals surface area contributed by atoms with Crippen LogP contribution in [0.15, 0.2) is 6.20 Å². The highest BCUT2D eigenvalue weighted by atomic mass is 32.2. The van der Waals surface area contributed by atoms with Gasteiger partial charge >= 0.3 is 0 Å². The molecule has 0 aromatic carbocycles. The third-order valence-corrected chi connectivity index (χ3v) is 7.29. The molecule has 24 heavy (non-hydrogen) atoms. The fourth-order valence-corrected chi connectivity index (χ4v) is 5.85. The van der Waals surface area contributed by atoms with Crippen LogP contribution < -0.4 is 0 Å². The zero-order chi connectivity index (χ0) is 16.8. The molecule has 8 heteroatoms. The van der Waals surface area contributed by atoms with Crippen LogP contribution in [0.4, 0.5) is 0 Å². The van der Waals surface area contributed by atoms with Crippen LogP contribution in [0.5, 0.6) is 0 Å². The fraction of sp³-hybridized carbons (Fsp3) is 0.750. The summed E-state index contributed by atoms with van der Waals surface area (Å²) in [6.07, 6.45) is 6.15. The van der Waals surface area contributed by atoms with Crippen LogP contribution in [-0.4, -0.2) is 59.8 Å². The average Bonchev–Trinajstić information content (AvgIpc) is 3.11. The molecule has 1 aromatic heterocycles. The number of hydrogen-bond acceptors (Lipinski definition) is 5. The first-order valence-corrected chi connectivity index (χ1v) is 10.1. The standard InChI is InChI=1S/C16H24N4O3S/c1-13-17-11-14-5-10-23-16(15(14)18-13)6-4-9-20(12-16)24(21,22)19-7-2-3-8-19/h11H,2-10,12H2,1H3/t16-/m1/s1. The highest BCUT2D eigenvalue weighted by Gasteiger charge is 2.47. The summed E-state index contributed by atoms with van der Waals surface area (Å²) in [5.41, 5.74) is 1.36. The fourth-order valence-electron chi connectivity index (χ4n) is 4.07. The van der Waals surface area contributed by atoms with Crippen LogP contribution in [0.1, 0.15) is 42.8 Å². The molecule has 0 bridgehead atoms. The van der Waals surface area contributed by atoms with Crippen molar-refractivity contribution in [3.8, 4) is 0 Å². The van der Waals surface area contributed by atoms with Gasteiger partial charge in [0.05, 0.1) is 12.3 Å². The Morgan fingerprint density at radius 1 is 1.17 bits per heavy atom. The second kappa shape index (κ2) is 6.01. The molecule has 0 saturated carbocycles. The van der Waals surface area contributed by atoms with Crippen LogP contribution in [0.2, 0.25) is 0 Å². The zero-order valence-electron chi connectivity index (χ0n) is 14.1. The van der Waals surface area contributed by atoms with E-state index in [0.29, 0.717) is 38.6 Å². The van der Waals surface area contributed by atoms with E-state index in [9.17, 15) is 8.42 Å². The number of ether oxygens (including phenoxy) is 1. The van der Waals surface area contributed by atoms with Crippen molar-refractivity contribution in [2.75, 3.05) is 32.8 Å². The monoisotopic (exact) mass is 352 g/mol. The minimum atomic E-state index is -3.41. The molecule has 3 aliphatic rings. The molecule has 1 spiro atoms. The van der Waals surface area contributed by atoms with Crippen molar-refractivity contribution < 1.29 is 13.2 Å². The van der Waals surface area contributed by atoms with E-state index >= 15 is 0 Å². The van der Waals surface area contributed by atoms with E-state index < -0.39 is 15.8 Å². The molecule has 0 N–H and O–H groups in total. The highest BCUT2D eigenvalue weighted by molar-refractivity contribution is 7.86. The zero-order valence-corrected chi connectivity index (χ0v) is 14.9. The van der Waals surface area contributed by atoms with E-state index in [1.165, 1.54) is 0 Å². The molecular formula is C16H24N4O3S. The predicted molar refractivity (Wildman–Crippen MR) is 88.6 cm³/mol. The predicted octanol–water partition coefficient (Wildman–Crippen LogP) is 0.989. The van der Waals surface area contributed by atoms with Gasteiger partial charge in [0.15, 0.2) is 0 Å². The normalized spacial score (nSPS) is 29.0. The lowest BCUT2D eigenvalue weighted by Crippen LogP contribution is -2.55. The number of nitrogens with zero attached hydrogens (tertiary/aromatic N) is 4. The molecule has 0 aliphatic carbocycles. The second-order valence-electron chi connectivity index (χ2n) is 6.93. The molecule has 0 radical (unpaired) electrons. The maximum atomic E-state index is 13.0. The molecular weight excluding hydrogens is 328 g/mol. The molecule has 4 heterocycles. The van der Waals surface area contributed by atoms with Gasteiger partial charge in [-0.2, -0.15) is 17.0 Å². The Balaban J connectivity index is 1.67. The van der Waals surface area contributed by atoms with Crippen molar-refractivity contribution in [3.63, 3.8) is 0 Å². The number of hydrogen-bond donors (Lipinski definition) is 0. The minimum Gasteiger partial charge on any atom is -0.367 e. The van der Waals surface area contributed by atoms with Crippen LogP contribution in [0.3, 0.4) is 0 Å². The van der Waals surface area contributed by atoms with Crippen LogP contribution in [-0.2, 0) is 27.0 Å². The van der Waals surface area contributed by atoms with Gasteiger partial charge in [0.1, 0.15) is 11.4 Å². The van der Waals surface area contributed by atoms with Gasteiger partial charge in [-0.15, -0.1) is 0 Å². The van der Waals surface area contributed by atoms with Crippen molar-refractivity contribution in [3.05, 3.63) is 23.3 Å². The summed E-state index contributed by atoms with van der Waals surface area (Å²) in [5, 5.41) is 0. The molecule has 2 saturated heterocycles. The van der Waals surface area contributed by atoms with Gasteiger partial charge in [0.25, 0.3) is 10.2 Å². The Morgan fingerprint density at radius 2 is 1.92 bits per heavy atom. The topological polar surface area (TPSA) is 75.6 Å². The average molecular weight is 352 g/mol. The summed E-state index contributed by atoms with van der Waals surface area (Å²) in [6.45, 7) is 4.63.